The van der Waals surface area contributed by atoms with Gasteiger partial charge in [0.15, 0.2) is 6.10 Å². The average molecular weight is 948 g/mol. The van der Waals surface area contributed by atoms with Crippen LogP contribution in [0, 0.1) is 0 Å². The molecular weight excluding hydrogens is 841 g/mol. The molecule has 6 nitrogen and oxygen atoms in total. The van der Waals surface area contributed by atoms with Crippen LogP contribution in [0.25, 0.3) is 0 Å². The molecule has 0 fully saturated rings. The molecule has 390 valence electrons. The van der Waals surface area contributed by atoms with Gasteiger partial charge in [0, 0.05) is 19.3 Å². The molecule has 68 heavy (non-hydrogen) atoms. The predicted octanol–water partition coefficient (Wildman–Crippen LogP) is 19.2. The van der Waals surface area contributed by atoms with Crippen molar-refractivity contribution in [2.75, 3.05) is 13.2 Å². The third kappa shape index (κ3) is 53.5. The number of rotatable bonds is 51. The Morgan fingerprint density at radius 2 is 0.574 bits per heavy atom. The maximum absolute atomic E-state index is 12.8. The van der Waals surface area contributed by atoms with E-state index >= 15 is 0 Å². The summed E-state index contributed by atoms with van der Waals surface area (Å²) in [6, 6.07) is 0. The number of carbonyl (C=O) groups excluding carboxylic acids is 3. The van der Waals surface area contributed by atoms with Gasteiger partial charge in [0.05, 0.1) is 0 Å². The second-order valence-corrected chi connectivity index (χ2v) is 18.8. The number of unbranched alkanes of at least 4 members (excludes halogenated alkanes) is 26. The minimum atomic E-state index is -0.786. The fourth-order valence-corrected chi connectivity index (χ4v) is 7.89. The standard InChI is InChI=1S/C62H106O6/c1-4-7-10-13-16-19-22-25-26-27-28-29-30-31-32-33-34-35-36-38-40-43-46-49-52-55-61(64)67-58-59(57-66-60(63)54-51-48-45-42-39-24-21-18-15-12-9-6-3)68-62(65)56-53-50-47-44-41-37-23-20-17-14-11-8-5-2/h7,10,16,19,25-26,28-29,31-32,34-35,38,40,59H,4-6,8-9,11-15,17-18,20-24,27,30,33,36-37,39,41-58H2,1-3H3/b10-7-,19-16-,26-25-,29-28-,32-31-,35-34-,40-38-. The minimum Gasteiger partial charge on any atom is -0.462 e. The van der Waals surface area contributed by atoms with Gasteiger partial charge in [0.1, 0.15) is 13.2 Å². The van der Waals surface area contributed by atoms with Gasteiger partial charge in [-0.25, -0.2) is 0 Å². The highest BCUT2D eigenvalue weighted by Crippen LogP contribution is 2.16. The lowest BCUT2D eigenvalue weighted by Gasteiger charge is -2.18. The summed E-state index contributed by atoms with van der Waals surface area (Å²) in [5.74, 6) is -0.911. The Balaban J connectivity index is 4.37. The van der Waals surface area contributed by atoms with Gasteiger partial charge < -0.3 is 14.2 Å². The number of carbonyl (C=O) groups is 3. The smallest absolute Gasteiger partial charge is 0.306 e. The molecule has 0 aromatic heterocycles. The zero-order chi connectivity index (χ0) is 49.3. The monoisotopic (exact) mass is 947 g/mol. The molecule has 0 radical (unpaired) electrons. The highest BCUT2D eigenvalue weighted by Gasteiger charge is 2.19. The normalized spacial score (nSPS) is 12.7. The molecule has 0 N–H and O–H groups in total. The van der Waals surface area contributed by atoms with Crippen molar-refractivity contribution in [1.29, 1.82) is 0 Å². The summed E-state index contributed by atoms with van der Waals surface area (Å²) < 4.78 is 16.8. The van der Waals surface area contributed by atoms with E-state index in [1.165, 1.54) is 122 Å². The molecule has 0 aromatic rings. The maximum atomic E-state index is 12.8. The highest BCUT2D eigenvalue weighted by molar-refractivity contribution is 5.71. The summed E-state index contributed by atoms with van der Waals surface area (Å²) in [7, 11) is 0. The summed E-state index contributed by atoms with van der Waals surface area (Å²) in [4.78, 5) is 38.1. The second kappa shape index (κ2) is 56.2. The molecule has 1 atom stereocenters. The first-order chi connectivity index (χ1) is 33.5. The quantitative estimate of drug-likeness (QED) is 0.0262. The number of hydrogen-bond acceptors (Lipinski definition) is 6. The van der Waals surface area contributed by atoms with E-state index in [9.17, 15) is 14.4 Å². The van der Waals surface area contributed by atoms with Gasteiger partial charge >= 0.3 is 17.9 Å². The molecule has 0 bridgehead atoms. The third-order valence-electron chi connectivity index (χ3n) is 12.2. The molecule has 0 aliphatic heterocycles. The predicted molar refractivity (Wildman–Crippen MR) is 293 cm³/mol. The first-order valence-corrected chi connectivity index (χ1v) is 28.6. The van der Waals surface area contributed by atoms with Crippen LogP contribution in [0.5, 0.6) is 0 Å². The molecule has 0 rings (SSSR count). The Bertz CT molecular complexity index is 1320. The SMILES string of the molecule is CC/C=C\C/C=C\C/C=C\C/C=C\C/C=C\C/C=C\C/C=C\CCCCCC(=O)OCC(COC(=O)CCCCCCCCCCCCCC)OC(=O)CCCCCCCCCCCCCCC. The van der Waals surface area contributed by atoms with Crippen LogP contribution < -0.4 is 0 Å². The van der Waals surface area contributed by atoms with E-state index in [4.69, 9.17) is 14.2 Å². The summed E-state index contributed by atoms with van der Waals surface area (Å²) in [6.07, 6.45) is 72.9. The van der Waals surface area contributed by atoms with E-state index in [-0.39, 0.29) is 31.1 Å². The van der Waals surface area contributed by atoms with Gasteiger partial charge in [-0.2, -0.15) is 0 Å². The summed E-state index contributed by atoms with van der Waals surface area (Å²) >= 11 is 0. The Hall–Kier alpha value is -3.41. The van der Waals surface area contributed by atoms with Gasteiger partial charge in [0.2, 0.25) is 0 Å². The first kappa shape index (κ1) is 64.6. The Kier molecular flexibility index (Phi) is 53.4. The lowest BCUT2D eigenvalue weighted by Crippen LogP contribution is -2.30. The van der Waals surface area contributed by atoms with Crippen LogP contribution in [0.15, 0.2) is 85.1 Å². The van der Waals surface area contributed by atoms with Crippen LogP contribution >= 0.6 is 0 Å². The van der Waals surface area contributed by atoms with Crippen molar-refractivity contribution < 1.29 is 28.6 Å². The van der Waals surface area contributed by atoms with Crippen LogP contribution in [-0.2, 0) is 28.6 Å². The molecule has 0 spiro atoms. The van der Waals surface area contributed by atoms with Gasteiger partial charge in [0.25, 0.3) is 0 Å². The molecule has 0 heterocycles. The van der Waals surface area contributed by atoms with Crippen molar-refractivity contribution in [2.45, 2.75) is 277 Å². The number of ether oxygens (including phenoxy) is 3. The zero-order valence-electron chi connectivity index (χ0n) is 44.6. The topological polar surface area (TPSA) is 78.9 Å². The van der Waals surface area contributed by atoms with Gasteiger partial charge in [-0.15, -0.1) is 0 Å². The van der Waals surface area contributed by atoms with E-state index in [1.807, 2.05) is 0 Å². The Morgan fingerprint density at radius 1 is 0.309 bits per heavy atom. The van der Waals surface area contributed by atoms with Crippen LogP contribution in [0.4, 0.5) is 0 Å². The van der Waals surface area contributed by atoms with Crippen molar-refractivity contribution in [3.63, 3.8) is 0 Å². The molecular formula is C62H106O6. The van der Waals surface area contributed by atoms with E-state index in [0.29, 0.717) is 19.3 Å². The lowest BCUT2D eigenvalue weighted by molar-refractivity contribution is -0.167. The third-order valence-corrected chi connectivity index (χ3v) is 12.2. The van der Waals surface area contributed by atoms with Gasteiger partial charge in [-0.3, -0.25) is 14.4 Å². The number of esters is 3. The average Bonchev–Trinajstić information content (AvgIpc) is 3.34. The van der Waals surface area contributed by atoms with Crippen LogP contribution in [0.2, 0.25) is 0 Å². The molecule has 0 aliphatic rings. The van der Waals surface area contributed by atoms with Crippen molar-refractivity contribution >= 4 is 17.9 Å². The van der Waals surface area contributed by atoms with Crippen LogP contribution in [0.3, 0.4) is 0 Å². The van der Waals surface area contributed by atoms with E-state index < -0.39 is 6.10 Å². The molecule has 0 saturated heterocycles. The molecule has 1 unspecified atom stereocenters. The molecule has 0 amide bonds. The van der Waals surface area contributed by atoms with Crippen LogP contribution in [-0.4, -0.2) is 37.2 Å². The van der Waals surface area contributed by atoms with E-state index in [2.05, 4.69) is 106 Å². The largest absolute Gasteiger partial charge is 0.462 e. The van der Waals surface area contributed by atoms with Crippen molar-refractivity contribution in [3.8, 4) is 0 Å². The van der Waals surface area contributed by atoms with Crippen molar-refractivity contribution in [3.05, 3.63) is 85.1 Å². The fraction of sp³-hybridized carbons (Fsp3) is 0.726. The highest BCUT2D eigenvalue weighted by atomic mass is 16.6. The fourth-order valence-electron chi connectivity index (χ4n) is 7.89. The summed E-state index contributed by atoms with van der Waals surface area (Å²) in [5.41, 5.74) is 0. The van der Waals surface area contributed by atoms with E-state index in [1.54, 1.807) is 0 Å². The van der Waals surface area contributed by atoms with E-state index in [0.717, 1.165) is 109 Å². The number of hydrogen-bond donors (Lipinski definition) is 0. The Morgan fingerprint density at radius 3 is 0.897 bits per heavy atom. The van der Waals surface area contributed by atoms with Gasteiger partial charge in [-0.05, 0) is 77.0 Å². The second-order valence-electron chi connectivity index (χ2n) is 18.8. The summed E-state index contributed by atoms with van der Waals surface area (Å²) in [6.45, 7) is 6.51. The Labute approximate surface area is 420 Å². The van der Waals surface area contributed by atoms with Crippen molar-refractivity contribution in [2.24, 2.45) is 0 Å². The zero-order valence-corrected chi connectivity index (χ0v) is 44.6. The molecule has 0 saturated carbocycles. The van der Waals surface area contributed by atoms with Crippen LogP contribution in [0.1, 0.15) is 271 Å². The first-order valence-electron chi connectivity index (χ1n) is 28.6. The summed E-state index contributed by atoms with van der Waals surface area (Å²) in [5, 5.41) is 0. The molecule has 0 aromatic carbocycles. The lowest BCUT2D eigenvalue weighted by atomic mass is 10.0. The molecule has 0 aliphatic carbocycles. The minimum absolute atomic E-state index is 0.0837. The maximum Gasteiger partial charge on any atom is 0.306 e. The van der Waals surface area contributed by atoms with Crippen molar-refractivity contribution in [1.82, 2.24) is 0 Å². The number of allylic oxidation sites excluding steroid dienone is 14. The van der Waals surface area contributed by atoms with Gasteiger partial charge in [-0.1, -0.05) is 260 Å². The molecule has 6 heteroatoms.